The smallest absolute Gasteiger partial charge is 0.123 e. The Morgan fingerprint density at radius 1 is 1.21 bits per heavy atom. The van der Waals surface area contributed by atoms with Crippen LogP contribution >= 0.6 is 0 Å². The van der Waals surface area contributed by atoms with Gasteiger partial charge in [0.05, 0.1) is 13.2 Å². The Hall–Kier alpha value is -2.07. The number of halogens is 1. The van der Waals surface area contributed by atoms with E-state index in [2.05, 4.69) is 5.32 Å². The molecule has 1 unspecified atom stereocenters. The molecule has 0 saturated heterocycles. The first-order chi connectivity index (χ1) is 9.19. The van der Waals surface area contributed by atoms with Crippen LogP contribution in [0, 0.1) is 5.82 Å². The predicted molar refractivity (Wildman–Crippen MR) is 72.8 cm³/mol. The van der Waals surface area contributed by atoms with Crippen molar-refractivity contribution in [3.63, 3.8) is 0 Å². The number of anilines is 1. The van der Waals surface area contributed by atoms with Crippen molar-refractivity contribution in [1.82, 2.24) is 0 Å². The second-order valence-electron chi connectivity index (χ2n) is 4.18. The zero-order chi connectivity index (χ0) is 13.7. The minimum Gasteiger partial charge on any atom is -0.497 e. The quantitative estimate of drug-likeness (QED) is 0.869. The summed E-state index contributed by atoms with van der Waals surface area (Å²) in [6, 6.07) is 13.3. The van der Waals surface area contributed by atoms with Crippen LogP contribution in [0.4, 0.5) is 10.1 Å². The topological polar surface area (TPSA) is 41.5 Å². The molecule has 0 amide bonds. The van der Waals surface area contributed by atoms with Crippen LogP contribution < -0.4 is 10.1 Å². The fourth-order valence-electron chi connectivity index (χ4n) is 1.76. The summed E-state index contributed by atoms with van der Waals surface area (Å²) in [7, 11) is 1.61. The van der Waals surface area contributed by atoms with Crippen molar-refractivity contribution in [2.75, 3.05) is 19.0 Å². The average molecular weight is 261 g/mol. The highest BCUT2D eigenvalue weighted by Gasteiger charge is 2.07. The first-order valence-electron chi connectivity index (χ1n) is 6.00. The van der Waals surface area contributed by atoms with Gasteiger partial charge in [-0.25, -0.2) is 4.39 Å². The predicted octanol–water partition coefficient (Wildman–Crippen LogP) is 2.98. The van der Waals surface area contributed by atoms with E-state index in [0.717, 1.165) is 11.4 Å². The molecule has 1 atom stereocenters. The van der Waals surface area contributed by atoms with Crippen molar-refractivity contribution in [3.05, 3.63) is 59.9 Å². The largest absolute Gasteiger partial charge is 0.497 e. The van der Waals surface area contributed by atoms with Gasteiger partial charge in [0.1, 0.15) is 11.6 Å². The second kappa shape index (κ2) is 6.20. The van der Waals surface area contributed by atoms with Crippen LogP contribution in [0.1, 0.15) is 11.7 Å². The molecular weight excluding hydrogens is 245 g/mol. The maximum atomic E-state index is 13.0. The lowest BCUT2D eigenvalue weighted by Crippen LogP contribution is -2.12. The number of aliphatic hydroxyl groups is 1. The molecule has 0 aliphatic heterocycles. The maximum absolute atomic E-state index is 13.0. The minimum atomic E-state index is -0.752. The SMILES string of the molecule is COc1ccc(NCC(O)c2cccc(F)c2)cc1. The third-order valence-electron chi connectivity index (χ3n) is 2.82. The molecule has 2 rings (SSSR count). The van der Waals surface area contributed by atoms with E-state index >= 15 is 0 Å². The molecule has 19 heavy (non-hydrogen) atoms. The van der Waals surface area contributed by atoms with Gasteiger partial charge in [-0.3, -0.25) is 0 Å². The maximum Gasteiger partial charge on any atom is 0.123 e. The lowest BCUT2D eigenvalue weighted by Gasteiger charge is -2.13. The van der Waals surface area contributed by atoms with Crippen molar-refractivity contribution < 1.29 is 14.2 Å². The summed E-state index contributed by atoms with van der Waals surface area (Å²) in [6.45, 7) is 0.315. The van der Waals surface area contributed by atoms with Gasteiger partial charge in [0.2, 0.25) is 0 Å². The van der Waals surface area contributed by atoms with E-state index in [1.165, 1.54) is 12.1 Å². The van der Waals surface area contributed by atoms with Crippen molar-refractivity contribution in [2.24, 2.45) is 0 Å². The molecule has 0 bridgehead atoms. The van der Waals surface area contributed by atoms with Crippen molar-refractivity contribution in [1.29, 1.82) is 0 Å². The Kier molecular flexibility index (Phi) is 4.36. The number of hydrogen-bond acceptors (Lipinski definition) is 3. The fraction of sp³-hybridized carbons (Fsp3) is 0.200. The zero-order valence-electron chi connectivity index (χ0n) is 10.6. The van der Waals surface area contributed by atoms with Crippen LogP contribution in [0.2, 0.25) is 0 Å². The van der Waals surface area contributed by atoms with Gasteiger partial charge in [0.25, 0.3) is 0 Å². The molecule has 0 saturated carbocycles. The number of benzene rings is 2. The van der Waals surface area contributed by atoms with Crippen LogP contribution in [-0.4, -0.2) is 18.8 Å². The molecule has 0 aromatic heterocycles. The number of nitrogens with one attached hydrogen (secondary N) is 1. The molecule has 2 aromatic rings. The van der Waals surface area contributed by atoms with Crippen LogP contribution in [0.25, 0.3) is 0 Å². The summed E-state index contributed by atoms with van der Waals surface area (Å²) in [4.78, 5) is 0. The Bertz CT molecular complexity index is 528. The molecule has 0 radical (unpaired) electrons. The van der Waals surface area contributed by atoms with E-state index in [0.29, 0.717) is 12.1 Å². The number of ether oxygens (including phenoxy) is 1. The van der Waals surface area contributed by atoms with Crippen molar-refractivity contribution in [3.8, 4) is 5.75 Å². The molecular formula is C15H16FNO2. The number of methoxy groups -OCH3 is 1. The fourth-order valence-corrected chi connectivity index (χ4v) is 1.76. The van der Waals surface area contributed by atoms with E-state index in [-0.39, 0.29) is 5.82 Å². The highest BCUT2D eigenvalue weighted by atomic mass is 19.1. The molecule has 3 nitrogen and oxygen atoms in total. The summed E-state index contributed by atoms with van der Waals surface area (Å²) < 4.78 is 18.1. The van der Waals surface area contributed by atoms with E-state index in [4.69, 9.17) is 4.74 Å². The first-order valence-corrected chi connectivity index (χ1v) is 6.00. The van der Waals surface area contributed by atoms with Gasteiger partial charge in [-0.2, -0.15) is 0 Å². The van der Waals surface area contributed by atoms with Gasteiger partial charge in [-0.15, -0.1) is 0 Å². The number of hydrogen-bond donors (Lipinski definition) is 2. The lowest BCUT2D eigenvalue weighted by atomic mass is 10.1. The summed E-state index contributed by atoms with van der Waals surface area (Å²) in [5.41, 5.74) is 1.43. The number of rotatable bonds is 5. The molecule has 0 aliphatic carbocycles. The number of aliphatic hydroxyl groups excluding tert-OH is 1. The molecule has 4 heteroatoms. The highest BCUT2D eigenvalue weighted by Crippen LogP contribution is 2.18. The average Bonchev–Trinajstić information content (AvgIpc) is 2.45. The molecule has 0 fully saturated rings. The summed E-state index contributed by atoms with van der Waals surface area (Å²) in [5.74, 6) is 0.428. The summed E-state index contributed by atoms with van der Waals surface area (Å²) >= 11 is 0. The molecule has 0 spiro atoms. The van der Waals surface area contributed by atoms with E-state index in [1.807, 2.05) is 24.3 Å². The minimum absolute atomic E-state index is 0.315. The third kappa shape index (κ3) is 3.69. The van der Waals surface area contributed by atoms with Gasteiger partial charge in [0, 0.05) is 12.2 Å². The first kappa shape index (κ1) is 13.4. The Morgan fingerprint density at radius 2 is 1.95 bits per heavy atom. The molecule has 2 aromatic carbocycles. The molecule has 0 aliphatic rings. The Balaban J connectivity index is 1.94. The van der Waals surface area contributed by atoms with Gasteiger partial charge in [0.15, 0.2) is 0 Å². The van der Waals surface area contributed by atoms with E-state index in [1.54, 1.807) is 19.2 Å². The van der Waals surface area contributed by atoms with Gasteiger partial charge < -0.3 is 15.2 Å². The summed E-state index contributed by atoms with van der Waals surface area (Å²) in [6.07, 6.45) is -0.752. The zero-order valence-corrected chi connectivity index (χ0v) is 10.6. The molecule has 100 valence electrons. The standard InChI is InChI=1S/C15H16FNO2/c1-19-14-7-5-13(6-8-14)17-10-15(18)11-3-2-4-12(16)9-11/h2-9,15,17-18H,10H2,1H3. The molecule has 0 heterocycles. The van der Waals surface area contributed by atoms with Gasteiger partial charge >= 0.3 is 0 Å². The highest BCUT2D eigenvalue weighted by molar-refractivity contribution is 5.46. The van der Waals surface area contributed by atoms with Crippen LogP contribution in [0.15, 0.2) is 48.5 Å². The lowest BCUT2D eigenvalue weighted by molar-refractivity contribution is 0.191. The van der Waals surface area contributed by atoms with Crippen LogP contribution in [0.5, 0.6) is 5.75 Å². The van der Waals surface area contributed by atoms with Crippen LogP contribution in [-0.2, 0) is 0 Å². The normalized spacial score (nSPS) is 11.9. The van der Waals surface area contributed by atoms with Crippen molar-refractivity contribution in [2.45, 2.75) is 6.10 Å². The summed E-state index contributed by atoms with van der Waals surface area (Å²) in [5, 5.41) is 13.0. The Morgan fingerprint density at radius 3 is 2.58 bits per heavy atom. The molecule has 2 N–H and O–H groups in total. The Labute approximate surface area is 111 Å². The van der Waals surface area contributed by atoms with E-state index < -0.39 is 6.10 Å². The van der Waals surface area contributed by atoms with E-state index in [9.17, 15) is 9.50 Å². The second-order valence-corrected chi connectivity index (χ2v) is 4.18. The third-order valence-corrected chi connectivity index (χ3v) is 2.82. The van der Waals surface area contributed by atoms with Gasteiger partial charge in [-0.05, 0) is 42.0 Å². The van der Waals surface area contributed by atoms with Crippen LogP contribution in [0.3, 0.4) is 0 Å². The monoisotopic (exact) mass is 261 g/mol. The van der Waals surface area contributed by atoms with Gasteiger partial charge in [-0.1, -0.05) is 12.1 Å². The van der Waals surface area contributed by atoms with Crippen molar-refractivity contribution >= 4 is 5.69 Å².